The number of benzene rings is 1. The molecule has 35 heavy (non-hydrogen) atoms. The minimum absolute atomic E-state index is 0.0258. The third kappa shape index (κ3) is 8.36. The molecule has 0 spiro atoms. The van der Waals surface area contributed by atoms with Gasteiger partial charge in [0.25, 0.3) is 0 Å². The molecule has 1 fully saturated rings. The van der Waals surface area contributed by atoms with Crippen LogP contribution in [0.2, 0.25) is 0 Å². The highest BCUT2D eigenvalue weighted by Gasteiger charge is 2.18. The van der Waals surface area contributed by atoms with Crippen LogP contribution in [-0.2, 0) is 21.4 Å². The van der Waals surface area contributed by atoms with E-state index >= 15 is 0 Å². The summed E-state index contributed by atoms with van der Waals surface area (Å²) in [6, 6.07) is 7.71. The van der Waals surface area contributed by atoms with Gasteiger partial charge in [-0.05, 0) is 37.6 Å². The number of carbonyl (C=O) groups excluding carboxylic acids is 2. The molecule has 1 saturated heterocycles. The number of rotatable bonds is 13. The van der Waals surface area contributed by atoms with Gasteiger partial charge in [-0.1, -0.05) is 13.3 Å². The lowest BCUT2D eigenvalue weighted by atomic mass is 10.1. The standard InChI is InChI=1S/C26H39N5O4/c1-4-6-7-25(32)28-21-8-9-24(22(20-21)23-10-12-27-29(23)3)35-19-18-31-16-14-30(15-17-31)13-11-26(33)34-5-2/h8-10,12,20H,4-7,11,13-19H2,1-3H3,(H,28,32). The van der Waals surface area contributed by atoms with E-state index in [1.54, 1.807) is 10.9 Å². The van der Waals surface area contributed by atoms with Gasteiger partial charge in [0.2, 0.25) is 5.91 Å². The van der Waals surface area contributed by atoms with E-state index in [1.165, 1.54) is 0 Å². The SMILES string of the molecule is CCCCC(=O)Nc1ccc(OCCN2CCN(CCC(=O)OCC)CC2)c(-c2ccnn2C)c1. The number of unbranched alkanes of at least 4 members (excludes halogenated alkanes) is 1. The highest BCUT2D eigenvalue weighted by molar-refractivity contribution is 5.91. The predicted octanol–water partition coefficient (Wildman–Crippen LogP) is 3.17. The fraction of sp³-hybridized carbons (Fsp3) is 0.577. The van der Waals surface area contributed by atoms with Crippen LogP contribution in [0.5, 0.6) is 5.75 Å². The molecule has 9 nitrogen and oxygen atoms in total. The van der Waals surface area contributed by atoms with Crippen molar-refractivity contribution in [1.29, 1.82) is 0 Å². The molecule has 1 aromatic carbocycles. The van der Waals surface area contributed by atoms with Crippen molar-refractivity contribution in [2.45, 2.75) is 39.5 Å². The van der Waals surface area contributed by atoms with Crippen molar-refractivity contribution in [2.24, 2.45) is 7.05 Å². The molecule has 192 valence electrons. The highest BCUT2D eigenvalue weighted by Crippen LogP contribution is 2.32. The number of aromatic nitrogens is 2. The van der Waals surface area contributed by atoms with Gasteiger partial charge < -0.3 is 19.7 Å². The Balaban J connectivity index is 1.53. The molecule has 0 aliphatic carbocycles. The van der Waals surface area contributed by atoms with E-state index in [2.05, 4.69) is 27.1 Å². The number of ether oxygens (including phenoxy) is 2. The molecule has 1 aromatic heterocycles. The van der Waals surface area contributed by atoms with Crippen molar-refractivity contribution in [3.63, 3.8) is 0 Å². The number of piperazine rings is 1. The van der Waals surface area contributed by atoms with Crippen molar-refractivity contribution < 1.29 is 19.1 Å². The van der Waals surface area contributed by atoms with Crippen molar-refractivity contribution in [3.8, 4) is 17.0 Å². The van der Waals surface area contributed by atoms with Crippen molar-refractivity contribution >= 4 is 17.6 Å². The van der Waals surface area contributed by atoms with Crippen LogP contribution in [-0.4, -0.2) is 83.9 Å². The molecule has 1 aliphatic rings. The molecular weight excluding hydrogens is 446 g/mol. The first kappa shape index (κ1) is 26.7. The summed E-state index contributed by atoms with van der Waals surface area (Å²) >= 11 is 0. The van der Waals surface area contributed by atoms with E-state index in [-0.39, 0.29) is 11.9 Å². The summed E-state index contributed by atoms with van der Waals surface area (Å²) in [4.78, 5) is 28.5. The summed E-state index contributed by atoms with van der Waals surface area (Å²) in [5, 5.41) is 7.29. The first-order valence-corrected chi connectivity index (χ1v) is 12.7. The third-order valence-corrected chi connectivity index (χ3v) is 6.19. The second-order valence-corrected chi connectivity index (χ2v) is 8.79. The summed E-state index contributed by atoms with van der Waals surface area (Å²) in [6.45, 7) is 10.3. The van der Waals surface area contributed by atoms with E-state index in [1.807, 2.05) is 38.2 Å². The van der Waals surface area contributed by atoms with Gasteiger partial charge in [-0.3, -0.25) is 19.2 Å². The van der Waals surface area contributed by atoms with E-state index in [9.17, 15) is 9.59 Å². The van der Waals surface area contributed by atoms with Crippen molar-refractivity contribution in [1.82, 2.24) is 19.6 Å². The number of aryl methyl sites for hydroxylation is 1. The van der Waals surface area contributed by atoms with E-state index in [0.717, 1.165) is 74.8 Å². The van der Waals surface area contributed by atoms with Crippen LogP contribution < -0.4 is 10.1 Å². The van der Waals surface area contributed by atoms with Crippen LogP contribution >= 0.6 is 0 Å². The summed E-state index contributed by atoms with van der Waals surface area (Å²) in [5.41, 5.74) is 2.59. The molecule has 1 amide bonds. The highest BCUT2D eigenvalue weighted by atomic mass is 16.5. The summed E-state index contributed by atoms with van der Waals surface area (Å²) < 4.78 is 13.0. The smallest absolute Gasteiger partial charge is 0.307 e. The maximum Gasteiger partial charge on any atom is 0.307 e. The molecule has 0 atom stereocenters. The quantitative estimate of drug-likeness (QED) is 0.436. The van der Waals surface area contributed by atoms with Crippen molar-refractivity contribution in [2.75, 3.05) is 57.8 Å². The van der Waals surface area contributed by atoms with Crippen molar-refractivity contribution in [3.05, 3.63) is 30.5 Å². The van der Waals surface area contributed by atoms with Gasteiger partial charge in [-0.25, -0.2) is 0 Å². The van der Waals surface area contributed by atoms with Gasteiger partial charge in [0.15, 0.2) is 0 Å². The first-order chi connectivity index (χ1) is 17.0. The fourth-order valence-corrected chi connectivity index (χ4v) is 4.14. The topological polar surface area (TPSA) is 88.9 Å². The second kappa shape index (κ2) is 13.8. The molecule has 9 heteroatoms. The van der Waals surface area contributed by atoms with E-state index in [4.69, 9.17) is 9.47 Å². The Kier molecular flexibility index (Phi) is 10.6. The summed E-state index contributed by atoms with van der Waals surface area (Å²) in [7, 11) is 1.90. The Morgan fingerprint density at radius 2 is 1.77 bits per heavy atom. The number of anilines is 1. The average molecular weight is 486 g/mol. The molecular formula is C26H39N5O4. The monoisotopic (exact) mass is 485 g/mol. The lowest BCUT2D eigenvalue weighted by Gasteiger charge is -2.34. The molecule has 0 radical (unpaired) electrons. The average Bonchev–Trinajstić information content (AvgIpc) is 3.28. The maximum atomic E-state index is 12.2. The maximum absolute atomic E-state index is 12.2. The normalized spacial score (nSPS) is 14.6. The Morgan fingerprint density at radius 1 is 1.03 bits per heavy atom. The lowest BCUT2D eigenvalue weighted by Crippen LogP contribution is -2.47. The molecule has 2 aromatic rings. The fourth-order valence-electron chi connectivity index (χ4n) is 4.14. The zero-order valence-corrected chi connectivity index (χ0v) is 21.3. The number of esters is 1. The van der Waals surface area contributed by atoms with Gasteiger partial charge in [-0.15, -0.1) is 0 Å². The first-order valence-electron chi connectivity index (χ1n) is 12.7. The Hall–Kier alpha value is -2.91. The lowest BCUT2D eigenvalue weighted by molar-refractivity contribution is -0.143. The van der Waals surface area contributed by atoms with Crippen LogP contribution in [0.3, 0.4) is 0 Å². The Bertz CT molecular complexity index is 953. The van der Waals surface area contributed by atoms with E-state index < -0.39 is 0 Å². The number of hydrogen-bond donors (Lipinski definition) is 1. The molecule has 3 rings (SSSR count). The predicted molar refractivity (Wildman–Crippen MR) is 136 cm³/mol. The summed E-state index contributed by atoms with van der Waals surface area (Å²) in [5.74, 6) is 0.671. The van der Waals surface area contributed by atoms with Gasteiger partial charge in [0.05, 0.1) is 18.7 Å². The second-order valence-electron chi connectivity index (χ2n) is 8.79. The van der Waals surface area contributed by atoms with Gasteiger partial charge in [0, 0.05) is 70.2 Å². The molecule has 1 aliphatic heterocycles. The van der Waals surface area contributed by atoms with E-state index in [0.29, 0.717) is 26.1 Å². The number of carbonyl (C=O) groups is 2. The zero-order valence-electron chi connectivity index (χ0n) is 21.3. The van der Waals surface area contributed by atoms with Gasteiger partial charge in [-0.2, -0.15) is 5.10 Å². The molecule has 2 heterocycles. The summed E-state index contributed by atoms with van der Waals surface area (Å²) in [6.07, 6.45) is 4.59. The molecule has 0 bridgehead atoms. The van der Waals surface area contributed by atoms with Crippen LogP contribution in [0.1, 0.15) is 39.5 Å². The molecule has 1 N–H and O–H groups in total. The Labute approximate surface area is 208 Å². The minimum Gasteiger partial charge on any atom is -0.492 e. The number of amides is 1. The third-order valence-electron chi connectivity index (χ3n) is 6.19. The van der Waals surface area contributed by atoms with Gasteiger partial charge >= 0.3 is 5.97 Å². The number of nitrogens with zero attached hydrogens (tertiary/aromatic N) is 4. The number of hydrogen-bond acceptors (Lipinski definition) is 7. The molecule has 0 unspecified atom stereocenters. The van der Waals surface area contributed by atoms with Crippen LogP contribution in [0.25, 0.3) is 11.3 Å². The van der Waals surface area contributed by atoms with Crippen LogP contribution in [0.4, 0.5) is 5.69 Å². The Morgan fingerprint density at radius 3 is 2.43 bits per heavy atom. The molecule has 0 saturated carbocycles. The zero-order chi connectivity index (χ0) is 25.0. The largest absolute Gasteiger partial charge is 0.492 e. The number of nitrogens with one attached hydrogen (secondary N) is 1. The van der Waals surface area contributed by atoms with Gasteiger partial charge in [0.1, 0.15) is 12.4 Å². The van der Waals surface area contributed by atoms with Crippen LogP contribution in [0.15, 0.2) is 30.5 Å². The van der Waals surface area contributed by atoms with Crippen LogP contribution in [0, 0.1) is 0 Å². The minimum atomic E-state index is -0.126.